The van der Waals surface area contributed by atoms with Crippen LogP contribution < -0.4 is 0 Å². The number of aromatic nitrogens is 2. The fourth-order valence-corrected chi connectivity index (χ4v) is 3.94. The molecule has 0 aromatic carbocycles. The second kappa shape index (κ2) is 6.41. The molecule has 2 aliphatic rings. The highest BCUT2D eigenvalue weighted by atomic mass is 19.4. The van der Waals surface area contributed by atoms with Crippen molar-refractivity contribution in [3.8, 4) is 0 Å². The largest absolute Gasteiger partial charge is 0.433 e. The van der Waals surface area contributed by atoms with Gasteiger partial charge in [0.2, 0.25) is 0 Å². The molecule has 0 radical (unpaired) electrons. The zero-order chi connectivity index (χ0) is 19.3. The predicted octanol–water partition coefficient (Wildman–Crippen LogP) is 5.25. The van der Waals surface area contributed by atoms with E-state index in [2.05, 4.69) is 18.0 Å². The Labute approximate surface area is 152 Å². The van der Waals surface area contributed by atoms with Crippen LogP contribution in [0.25, 0.3) is 6.20 Å². The molecule has 6 heteroatoms. The van der Waals surface area contributed by atoms with E-state index in [1.807, 2.05) is 26.8 Å². The zero-order valence-electron chi connectivity index (χ0n) is 15.8. The van der Waals surface area contributed by atoms with Crippen LogP contribution in [0.1, 0.15) is 45.6 Å². The minimum atomic E-state index is -4.41. The molecule has 26 heavy (non-hydrogen) atoms. The fraction of sp³-hybridized carbons (Fsp3) is 0.550. The van der Waals surface area contributed by atoms with Crippen LogP contribution in [0.5, 0.6) is 0 Å². The molecule has 1 aromatic heterocycles. The van der Waals surface area contributed by atoms with Gasteiger partial charge < -0.3 is 4.74 Å². The van der Waals surface area contributed by atoms with Crippen molar-refractivity contribution >= 4 is 6.20 Å². The van der Waals surface area contributed by atoms with E-state index >= 15 is 0 Å². The lowest BCUT2D eigenvalue weighted by Crippen LogP contribution is -2.31. The Hall–Kier alpha value is -1.82. The van der Waals surface area contributed by atoms with Crippen LogP contribution in [-0.2, 0) is 17.3 Å². The van der Waals surface area contributed by atoms with E-state index in [1.54, 1.807) is 13.3 Å². The maximum absolute atomic E-state index is 13.2. The van der Waals surface area contributed by atoms with Gasteiger partial charge in [0.05, 0.1) is 11.8 Å². The Morgan fingerprint density at radius 3 is 2.38 bits per heavy atom. The Bertz CT molecular complexity index is 796. The molecular formula is C20H25F3N2O. The summed E-state index contributed by atoms with van der Waals surface area (Å²) in [5, 5.41) is 0. The van der Waals surface area contributed by atoms with E-state index < -0.39 is 11.9 Å². The first kappa shape index (κ1) is 19.0. The summed E-state index contributed by atoms with van der Waals surface area (Å²) in [5.41, 5.74) is 2.19. The van der Waals surface area contributed by atoms with E-state index in [0.717, 1.165) is 23.8 Å². The van der Waals surface area contributed by atoms with Crippen molar-refractivity contribution in [2.45, 2.75) is 52.3 Å². The quantitative estimate of drug-likeness (QED) is 0.730. The van der Waals surface area contributed by atoms with Crippen LogP contribution in [-0.4, -0.2) is 22.3 Å². The molecule has 0 fully saturated rings. The zero-order valence-corrected chi connectivity index (χ0v) is 15.8. The number of hydrogen-bond acceptors (Lipinski definition) is 2. The molecule has 0 saturated carbocycles. The molecule has 0 spiro atoms. The first-order valence-electron chi connectivity index (χ1n) is 8.86. The Kier molecular flexibility index (Phi) is 4.67. The van der Waals surface area contributed by atoms with Crippen molar-refractivity contribution in [3.63, 3.8) is 0 Å². The summed E-state index contributed by atoms with van der Waals surface area (Å²) >= 11 is 0. The molecule has 2 unspecified atom stereocenters. The smallest absolute Gasteiger partial charge is 0.374 e. The van der Waals surface area contributed by atoms with Crippen molar-refractivity contribution < 1.29 is 17.9 Å². The molecule has 1 aliphatic heterocycles. The average molecular weight is 366 g/mol. The van der Waals surface area contributed by atoms with Crippen molar-refractivity contribution in [2.75, 3.05) is 7.11 Å². The summed E-state index contributed by atoms with van der Waals surface area (Å²) in [6, 6.07) is 0. The second-order valence-corrected chi connectivity index (χ2v) is 7.75. The normalized spacial score (nSPS) is 23.9. The number of nitrogens with zero attached hydrogens (tertiary/aromatic N) is 2. The van der Waals surface area contributed by atoms with Gasteiger partial charge in [0.25, 0.3) is 0 Å². The topological polar surface area (TPSA) is 27.1 Å². The number of halogens is 3. The molecule has 0 N–H and O–H groups in total. The van der Waals surface area contributed by atoms with Crippen LogP contribution in [0.3, 0.4) is 0 Å². The molecule has 1 aliphatic carbocycles. The predicted molar refractivity (Wildman–Crippen MR) is 95.4 cm³/mol. The molecule has 0 saturated heterocycles. The minimum Gasteiger partial charge on any atom is -0.374 e. The average Bonchev–Trinajstić information content (AvgIpc) is 2.96. The van der Waals surface area contributed by atoms with E-state index in [9.17, 15) is 13.2 Å². The molecule has 2 heterocycles. The van der Waals surface area contributed by atoms with E-state index in [1.165, 1.54) is 10.1 Å². The Balaban J connectivity index is 2.01. The molecular weight excluding hydrogens is 341 g/mol. The van der Waals surface area contributed by atoms with E-state index in [4.69, 9.17) is 4.74 Å². The number of allylic oxidation sites excluding steroid dienone is 4. The minimum absolute atomic E-state index is 0.134. The lowest BCUT2D eigenvalue weighted by atomic mass is 9.76. The number of ether oxygens (including phenoxy) is 1. The highest BCUT2D eigenvalue weighted by molar-refractivity contribution is 5.53. The highest BCUT2D eigenvalue weighted by Gasteiger charge is 2.38. The van der Waals surface area contributed by atoms with Gasteiger partial charge in [-0.05, 0) is 48.8 Å². The summed E-state index contributed by atoms with van der Waals surface area (Å²) in [4.78, 5) is 3.97. The molecule has 3 nitrogen and oxygen atoms in total. The standard InChI is InChI=1S/C20H25F3N2O/c1-12-9-18-24-10-17(20(21,22)23)25(18)11-15(12)14-6-7-16(13(2)8-14)19(3,4)26-5/h6-7,10-13H,8-9H2,1-5H3. The number of rotatable bonds is 3. The van der Waals surface area contributed by atoms with Crippen molar-refractivity contribution in [1.29, 1.82) is 0 Å². The highest BCUT2D eigenvalue weighted by Crippen LogP contribution is 2.41. The SMILES string of the molecule is COC(C)(C)C1=CC=C(C2=Cn3c(C(F)(F)F)cnc3CC2C)CC1C. The third-order valence-electron chi connectivity index (χ3n) is 5.55. The molecule has 142 valence electrons. The monoisotopic (exact) mass is 366 g/mol. The van der Waals surface area contributed by atoms with Gasteiger partial charge in [0, 0.05) is 19.7 Å². The maximum Gasteiger partial charge on any atom is 0.433 e. The van der Waals surface area contributed by atoms with Gasteiger partial charge in [-0.2, -0.15) is 13.2 Å². The van der Waals surface area contributed by atoms with Gasteiger partial charge in [-0.1, -0.05) is 26.0 Å². The summed E-state index contributed by atoms with van der Waals surface area (Å²) in [5.74, 6) is 0.869. The van der Waals surface area contributed by atoms with Gasteiger partial charge in [-0.25, -0.2) is 4.98 Å². The van der Waals surface area contributed by atoms with Gasteiger partial charge in [-0.3, -0.25) is 4.57 Å². The summed E-state index contributed by atoms with van der Waals surface area (Å²) < 4.78 is 46.5. The number of fused-ring (bicyclic) bond motifs is 1. The number of methoxy groups -OCH3 is 1. The third-order valence-corrected chi connectivity index (χ3v) is 5.55. The molecule has 0 bridgehead atoms. The maximum atomic E-state index is 13.2. The molecule has 2 atom stereocenters. The van der Waals surface area contributed by atoms with Crippen LogP contribution in [0.2, 0.25) is 0 Å². The molecule has 3 rings (SSSR count). The van der Waals surface area contributed by atoms with Crippen molar-refractivity contribution in [2.24, 2.45) is 11.8 Å². The Morgan fingerprint density at radius 2 is 1.81 bits per heavy atom. The first-order chi connectivity index (χ1) is 12.0. The van der Waals surface area contributed by atoms with Gasteiger partial charge in [-0.15, -0.1) is 0 Å². The van der Waals surface area contributed by atoms with E-state index in [-0.39, 0.29) is 17.4 Å². The van der Waals surface area contributed by atoms with Crippen LogP contribution in [0, 0.1) is 11.8 Å². The third kappa shape index (κ3) is 3.27. The number of alkyl halides is 3. The van der Waals surface area contributed by atoms with Gasteiger partial charge in [0.1, 0.15) is 11.5 Å². The van der Waals surface area contributed by atoms with E-state index in [0.29, 0.717) is 12.2 Å². The van der Waals surface area contributed by atoms with Crippen LogP contribution in [0.15, 0.2) is 35.1 Å². The fourth-order valence-electron chi connectivity index (χ4n) is 3.94. The lowest BCUT2D eigenvalue weighted by molar-refractivity contribution is -0.142. The number of imidazole rings is 1. The van der Waals surface area contributed by atoms with Crippen molar-refractivity contribution in [3.05, 3.63) is 46.6 Å². The molecule has 0 amide bonds. The Morgan fingerprint density at radius 1 is 1.12 bits per heavy atom. The molecule has 1 aromatic rings. The second-order valence-electron chi connectivity index (χ2n) is 7.75. The van der Waals surface area contributed by atoms with Crippen molar-refractivity contribution in [1.82, 2.24) is 9.55 Å². The summed E-state index contributed by atoms with van der Waals surface area (Å²) in [6.07, 6.45) is 3.55. The summed E-state index contributed by atoms with van der Waals surface area (Å²) in [7, 11) is 1.69. The van der Waals surface area contributed by atoms with Crippen LogP contribution in [0.4, 0.5) is 13.2 Å². The van der Waals surface area contributed by atoms with Gasteiger partial charge >= 0.3 is 6.18 Å². The lowest BCUT2D eigenvalue weighted by Gasteiger charge is -2.35. The van der Waals surface area contributed by atoms with Crippen LogP contribution >= 0.6 is 0 Å². The number of hydrogen-bond donors (Lipinski definition) is 0. The summed E-state index contributed by atoms with van der Waals surface area (Å²) in [6.45, 7) is 8.24. The van der Waals surface area contributed by atoms with Gasteiger partial charge in [0.15, 0.2) is 0 Å². The first-order valence-corrected chi connectivity index (χ1v) is 8.86.